The molecular formula is C25H27NO3. The number of cyclic esters (lactones) is 1. The highest BCUT2D eigenvalue weighted by molar-refractivity contribution is 5.95. The number of allylic oxidation sites excluding steroid dienone is 1. The molecule has 0 bridgehead atoms. The molecule has 2 aromatic rings. The molecule has 2 aromatic carbocycles. The van der Waals surface area contributed by atoms with E-state index in [9.17, 15) is 9.59 Å². The molecule has 2 aliphatic rings. The quantitative estimate of drug-likeness (QED) is 0.566. The summed E-state index contributed by atoms with van der Waals surface area (Å²) >= 11 is 0. The Labute approximate surface area is 172 Å². The van der Waals surface area contributed by atoms with Gasteiger partial charge in [0.2, 0.25) is 5.91 Å². The van der Waals surface area contributed by atoms with Gasteiger partial charge in [-0.1, -0.05) is 61.5 Å². The molecule has 0 radical (unpaired) electrons. The van der Waals surface area contributed by atoms with Gasteiger partial charge in [-0.25, -0.2) is 0 Å². The molecule has 1 N–H and O–H groups in total. The maximum absolute atomic E-state index is 12.8. The topological polar surface area (TPSA) is 55.4 Å². The van der Waals surface area contributed by atoms with E-state index in [0.717, 1.165) is 35.2 Å². The van der Waals surface area contributed by atoms with Crippen LogP contribution in [-0.2, 0) is 20.7 Å². The number of amides is 1. The van der Waals surface area contributed by atoms with Gasteiger partial charge in [0.05, 0.1) is 17.9 Å². The lowest BCUT2D eigenvalue weighted by Crippen LogP contribution is -2.31. The van der Waals surface area contributed by atoms with Crippen LogP contribution in [0.1, 0.15) is 43.2 Å². The Kier molecular flexibility index (Phi) is 5.27. The number of hydrogen-bond acceptors (Lipinski definition) is 3. The fourth-order valence-corrected chi connectivity index (χ4v) is 4.82. The van der Waals surface area contributed by atoms with E-state index in [1.807, 2.05) is 61.5 Å². The molecule has 2 fully saturated rings. The zero-order chi connectivity index (χ0) is 20.4. The van der Waals surface area contributed by atoms with Crippen molar-refractivity contribution in [3.63, 3.8) is 0 Å². The molecule has 1 aliphatic carbocycles. The smallest absolute Gasteiger partial charge is 0.313 e. The van der Waals surface area contributed by atoms with E-state index in [2.05, 4.69) is 11.9 Å². The molecule has 1 saturated carbocycles. The van der Waals surface area contributed by atoms with Gasteiger partial charge in [0.1, 0.15) is 0 Å². The lowest BCUT2D eigenvalue weighted by atomic mass is 9.75. The van der Waals surface area contributed by atoms with Crippen LogP contribution >= 0.6 is 0 Å². The van der Waals surface area contributed by atoms with Crippen molar-refractivity contribution >= 4 is 17.6 Å². The van der Waals surface area contributed by atoms with E-state index < -0.39 is 5.41 Å². The molecule has 1 saturated heterocycles. The predicted molar refractivity (Wildman–Crippen MR) is 114 cm³/mol. The molecule has 3 atom stereocenters. The van der Waals surface area contributed by atoms with Gasteiger partial charge in [-0.3, -0.25) is 9.59 Å². The largest absolute Gasteiger partial charge is 0.465 e. The second kappa shape index (κ2) is 7.86. The molecule has 0 spiro atoms. The van der Waals surface area contributed by atoms with Crippen LogP contribution in [-0.4, -0.2) is 18.5 Å². The fourth-order valence-electron chi connectivity index (χ4n) is 4.82. The highest BCUT2D eigenvalue weighted by Gasteiger charge is 2.55. The first-order valence-corrected chi connectivity index (χ1v) is 10.3. The standard InChI is InChI=1S/C25H27NO3/c1-3-22(19-7-5-4-6-8-19)23(27)26-21-11-9-18(10-12-21)15-25-14-17(2)13-20(25)16-29-24(25)28/h4-12,20,22H,2-3,13-16H2,1H3,(H,26,27)/t20?,22-,25?/m1/s1. The number of anilines is 1. The number of hydrogen-bond donors (Lipinski definition) is 1. The van der Waals surface area contributed by atoms with Crippen LogP contribution in [0.25, 0.3) is 0 Å². The first kappa shape index (κ1) is 19.4. The first-order chi connectivity index (χ1) is 14.0. The minimum atomic E-state index is -0.456. The Bertz CT molecular complexity index is 919. The lowest BCUT2D eigenvalue weighted by Gasteiger charge is -2.24. The zero-order valence-electron chi connectivity index (χ0n) is 16.8. The molecule has 0 aromatic heterocycles. The normalized spacial score (nSPS) is 24.1. The summed E-state index contributed by atoms with van der Waals surface area (Å²) in [4.78, 5) is 25.2. The number of rotatable bonds is 6. The van der Waals surface area contributed by atoms with E-state index in [4.69, 9.17) is 4.74 Å². The summed E-state index contributed by atoms with van der Waals surface area (Å²) in [5.74, 6) is -0.0323. The van der Waals surface area contributed by atoms with Crippen LogP contribution in [0.5, 0.6) is 0 Å². The number of ether oxygens (including phenoxy) is 1. The second-order valence-corrected chi connectivity index (χ2v) is 8.32. The fraction of sp³-hybridized carbons (Fsp3) is 0.360. The predicted octanol–water partition coefficient (Wildman–Crippen LogP) is 4.87. The van der Waals surface area contributed by atoms with E-state index >= 15 is 0 Å². The molecule has 4 rings (SSSR count). The highest BCUT2D eigenvalue weighted by atomic mass is 16.5. The number of carbonyl (C=O) groups excluding carboxylic acids is 2. The molecule has 1 heterocycles. The average Bonchev–Trinajstić information content (AvgIpc) is 3.19. The number of fused-ring (bicyclic) bond motifs is 1. The van der Waals surface area contributed by atoms with Crippen molar-refractivity contribution < 1.29 is 14.3 Å². The van der Waals surface area contributed by atoms with Crippen LogP contribution in [0.15, 0.2) is 66.7 Å². The molecule has 4 nitrogen and oxygen atoms in total. The van der Waals surface area contributed by atoms with Gasteiger partial charge in [-0.05, 0) is 48.9 Å². The Balaban J connectivity index is 1.45. The van der Waals surface area contributed by atoms with Crippen molar-refractivity contribution in [3.8, 4) is 0 Å². The molecular weight excluding hydrogens is 362 g/mol. The van der Waals surface area contributed by atoms with Gasteiger partial charge >= 0.3 is 5.97 Å². The van der Waals surface area contributed by atoms with E-state index in [0.29, 0.717) is 19.4 Å². The van der Waals surface area contributed by atoms with Gasteiger partial charge in [-0.15, -0.1) is 0 Å². The number of benzene rings is 2. The molecule has 2 unspecified atom stereocenters. The van der Waals surface area contributed by atoms with E-state index in [1.54, 1.807) is 0 Å². The van der Waals surface area contributed by atoms with Crippen LogP contribution < -0.4 is 5.32 Å². The summed E-state index contributed by atoms with van der Waals surface area (Å²) in [7, 11) is 0. The van der Waals surface area contributed by atoms with Crippen LogP contribution in [0.3, 0.4) is 0 Å². The monoisotopic (exact) mass is 389 g/mol. The van der Waals surface area contributed by atoms with Crippen molar-refractivity contribution in [3.05, 3.63) is 77.9 Å². The third kappa shape index (κ3) is 3.71. The van der Waals surface area contributed by atoms with Gasteiger partial charge in [0.25, 0.3) is 0 Å². The van der Waals surface area contributed by atoms with Crippen molar-refractivity contribution in [2.75, 3.05) is 11.9 Å². The van der Waals surface area contributed by atoms with Gasteiger partial charge < -0.3 is 10.1 Å². The highest BCUT2D eigenvalue weighted by Crippen LogP contribution is 2.52. The van der Waals surface area contributed by atoms with Crippen LogP contribution in [0.2, 0.25) is 0 Å². The molecule has 1 aliphatic heterocycles. The lowest BCUT2D eigenvalue weighted by molar-refractivity contribution is -0.146. The summed E-state index contributed by atoms with van der Waals surface area (Å²) < 4.78 is 5.36. The SMILES string of the molecule is C=C1CC2COC(=O)C2(Cc2ccc(NC(=O)[C@H](CC)c3ccccc3)cc2)C1. The number of carbonyl (C=O) groups is 2. The second-order valence-electron chi connectivity index (χ2n) is 8.32. The Morgan fingerprint density at radius 2 is 1.93 bits per heavy atom. The van der Waals surface area contributed by atoms with E-state index in [1.165, 1.54) is 0 Å². The van der Waals surface area contributed by atoms with Crippen molar-refractivity contribution in [2.24, 2.45) is 11.3 Å². The number of nitrogens with one attached hydrogen (secondary N) is 1. The van der Waals surface area contributed by atoms with Crippen molar-refractivity contribution in [2.45, 2.75) is 38.5 Å². The van der Waals surface area contributed by atoms with Crippen molar-refractivity contribution in [1.82, 2.24) is 0 Å². The minimum Gasteiger partial charge on any atom is -0.465 e. The van der Waals surface area contributed by atoms with Gasteiger partial charge in [0.15, 0.2) is 0 Å². The van der Waals surface area contributed by atoms with E-state index in [-0.39, 0.29) is 23.7 Å². The zero-order valence-corrected chi connectivity index (χ0v) is 16.8. The Hall–Kier alpha value is -2.88. The van der Waals surface area contributed by atoms with Crippen LogP contribution in [0.4, 0.5) is 5.69 Å². The summed E-state index contributed by atoms with van der Waals surface area (Å²) in [6.07, 6.45) is 2.98. The summed E-state index contributed by atoms with van der Waals surface area (Å²) in [5, 5.41) is 3.03. The maximum atomic E-state index is 12.8. The Morgan fingerprint density at radius 1 is 1.21 bits per heavy atom. The minimum absolute atomic E-state index is 0.00318. The molecule has 150 valence electrons. The third-order valence-electron chi connectivity index (χ3n) is 6.37. The van der Waals surface area contributed by atoms with Gasteiger partial charge in [0, 0.05) is 11.6 Å². The maximum Gasteiger partial charge on any atom is 0.313 e. The average molecular weight is 389 g/mol. The third-order valence-corrected chi connectivity index (χ3v) is 6.37. The molecule has 1 amide bonds. The summed E-state index contributed by atoms with van der Waals surface area (Å²) in [6, 6.07) is 17.7. The molecule has 29 heavy (non-hydrogen) atoms. The van der Waals surface area contributed by atoms with Crippen molar-refractivity contribution in [1.29, 1.82) is 0 Å². The molecule has 4 heteroatoms. The van der Waals surface area contributed by atoms with Gasteiger partial charge in [-0.2, -0.15) is 0 Å². The summed E-state index contributed by atoms with van der Waals surface area (Å²) in [6.45, 7) is 6.62. The number of esters is 1. The van der Waals surface area contributed by atoms with Crippen LogP contribution in [0, 0.1) is 11.3 Å². The summed E-state index contributed by atoms with van der Waals surface area (Å²) in [5.41, 5.74) is 3.56. The first-order valence-electron chi connectivity index (χ1n) is 10.3. The Morgan fingerprint density at radius 3 is 2.62 bits per heavy atom.